The molecule has 3 heterocycles. The lowest BCUT2D eigenvalue weighted by Crippen LogP contribution is -2.36. The molecule has 3 aromatic rings. The minimum atomic E-state index is -0.124. The number of aromatic nitrogens is 4. The van der Waals surface area contributed by atoms with Crippen molar-refractivity contribution in [3.05, 3.63) is 24.0 Å². The van der Waals surface area contributed by atoms with Crippen LogP contribution in [0.3, 0.4) is 0 Å². The summed E-state index contributed by atoms with van der Waals surface area (Å²) < 4.78 is 12.7. The molecule has 1 aromatic carbocycles. The first kappa shape index (κ1) is 22.3. The molecule has 0 spiro atoms. The number of carbonyl (C=O) groups is 1. The first-order valence-electron chi connectivity index (χ1n) is 11.4. The summed E-state index contributed by atoms with van der Waals surface area (Å²) in [5.74, 6) is 1.44. The zero-order valence-electron chi connectivity index (χ0n) is 19.1. The minimum Gasteiger partial charge on any atom is -0.463 e. The summed E-state index contributed by atoms with van der Waals surface area (Å²) in [7, 11) is 0. The van der Waals surface area contributed by atoms with Crippen LogP contribution in [0.1, 0.15) is 45.4 Å². The monoisotopic (exact) mass is 440 g/mol. The number of esters is 1. The minimum absolute atomic E-state index is 0.0547. The van der Waals surface area contributed by atoms with Crippen LogP contribution in [-0.4, -0.2) is 64.5 Å². The van der Waals surface area contributed by atoms with Gasteiger partial charge in [-0.1, -0.05) is 6.42 Å². The van der Waals surface area contributed by atoms with Gasteiger partial charge in [-0.05, 0) is 51.8 Å². The van der Waals surface area contributed by atoms with Gasteiger partial charge in [0.15, 0.2) is 5.82 Å². The molecule has 0 atom stereocenters. The summed E-state index contributed by atoms with van der Waals surface area (Å²) in [6.45, 7) is 9.71. The number of fused-ring (bicyclic) bond motifs is 3. The molecule has 1 fully saturated rings. The highest BCUT2D eigenvalue weighted by atomic mass is 16.5. The number of morpholine rings is 1. The second-order valence-corrected chi connectivity index (χ2v) is 8.42. The Morgan fingerprint density at radius 3 is 2.78 bits per heavy atom. The SMILES string of the molecule is Cc1nnc2c(NCCCCCC(=O)OC(C)C)nc3cc(N4CCOCC4)ccc3n12. The number of nitrogens with zero attached hydrogens (tertiary/aromatic N) is 5. The maximum Gasteiger partial charge on any atom is 0.306 e. The molecule has 9 heteroatoms. The molecule has 1 aliphatic heterocycles. The van der Waals surface area contributed by atoms with Gasteiger partial charge in [0.2, 0.25) is 5.65 Å². The Morgan fingerprint density at radius 1 is 1.19 bits per heavy atom. The Labute approximate surface area is 188 Å². The third kappa shape index (κ3) is 5.09. The van der Waals surface area contributed by atoms with E-state index in [-0.39, 0.29) is 12.1 Å². The highest BCUT2D eigenvalue weighted by Gasteiger charge is 2.16. The van der Waals surface area contributed by atoms with Gasteiger partial charge < -0.3 is 19.7 Å². The van der Waals surface area contributed by atoms with E-state index < -0.39 is 0 Å². The average Bonchev–Trinajstić information content (AvgIpc) is 3.18. The van der Waals surface area contributed by atoms with Crippen LogP contribution in [0, 0.1) is 6.92 Å². The van der Waals surface area contributed by atoms with Gasteiger partial charge in [-0.25, -0.2) is 4.98 Å². The van der Waals surface area contributed by atoms with E-state index >= 15 is 0 Å². The number of benzene rings is 1. The molecule has 0 aliphatic carbocycles. The molecule has 0 unspecified atom stereocenters. The van der Waals surface area contributed by atoms with Gasteiger partial charge in [-0.15, -0.1) is 10.2 Å². The molecule has 4 rings (SSSR count). The Hall–Kier alpha value is -2.94. The fraction of sp³-hybridized carbons (Fsp3) is 0.565. The lowest BCUT2D eigenvalue weighted by molar-refractivity contribution is -0.147. The molecular formula is C23H32N6O3. The first-order chi connectivity index (χ1) is 15.5. The Bertz CT molecular complexity index is 1070. The summed E-state index contributed by atoms with van der Waals surface area (Å²) in [6.07, 6.45) is 3.10. The number of rotatable bonds is 9. The van der Waals surface area contributed by atoms with E-state index in [1.165, 1.54) is 0 Å². The number of hydrogen-bond acceptors (Lipinski definition) is 8. The molecule has 1 saturated heterocycles. The smallest absolute Gasteiger partial charge is 0.306 e. The third-order valence-corrected chi connectivity index (χ3v) is 5.56. The highest BCUT2D eigenvalue weighted by molar-refractivity contribution is 5.85. The molecular weight excluding hydrogens is 408 g/mol. The molecule has 172 valence electrons. The molecule has 1 aliphatic rings. The van der Waals surface area contributed by atoms with Crippen molar-refractivity contribution in [3.8, 4) is 0 Å². The molecule has 0 saturated carbocycles. The molecule has 0 amide bonds. The largest absolute Gasteiger partial charge is 0.463 e. The van der Waals surface area contributed by atoms with Crippen LogP contribution in [-0.2, 0) is 14.3 Å². The Kier molecular flexibility index (Phi) is 7.04. The van der Waals surface area contributed by atoms with Crippen molar-refractivity contribution in [2.45, 2.75) is 52.6 Å². The van der Waals surface area contributed by atoms with Crippen molar-refractivity contribution >= 4 is 34.2 Å². The van der Waals surface area contributed by atoms with Gasteiger partial charge in [-0.3, -0.25) is 9.20 Å². The number of carbonyl (C=O) groups excluding carboxylic acids is 1. The van der Waals surface area contributed by atoms with Crippen LogP contribution in [0.4, 0.5) is 11.5 Å². The maximum atomic E-state index is 11.6. The van der Waals surface area contributed by atoms with Gasteiger partial charge in [-0.2, -0.15) is 0 Å². The number of nitrogens with one attached hydrogen (secondary N) is 1. The predicted octanol–water partition coefficient (Wildman–Crippen LogP) is 3.35. The number of ether oxygens (including phenoxy) is 2. The molecule has 9 nitrogen and oxygen atoms in total. The molecule has 32 heavy (non-hydrogen) atoms. The van der Waals surface area contributed by atoms with E-state index in [0.717, 1.165) is 86.1 Å². The van der Waals surface area contributed by atoms with Crippen molar-refractivity contribution in [1.82, 2.24) is 19.6 Å². The van der Waals surface area contributed by atoms with E-state index in [2.05, 4.69) is 43.0 Å². The lowest BCUT2D eigenvalue weighted by Gasteiger charge is -2.29. The van der Waals surface area contributed by atoms with Crippen LogP contribution in [0.2, 0.25) is 0 Å². The Balaban J connectivity index is 1.45. The third-order valence-electron chi connectivity index (χ3n) is 5.56. The normalized spacial score (nSPS) is 14.4. The second kappa shape index (κ2) is 10.1. The number of aryl methyl sites for hydroxylation is 1. The molecule has 2 aromatic heterocycles. The van der Waals surface area contributed by atoms with Crippen molar-refractivity contribution in [3.63, 3.8) is 0 Å². The fourth-order valence-corrected chi connectivity index (χ4v) is 4.00. The maximum absolute atomic E-state index is 11.6. The van der Waals surface area contributed by atoms with Crippen LogP contribution in [0.15, 0.2) is 18.2 Å². The van der Waals surface area contributed by atoms with Crippen LogP contribution >= 0.6 is 0 Å². The number of unbranched alkanes of at least 4 members (excludes halogenated alkanes) is 2. The van der Waals surface area contributed by atoms with Crippen molar-refractivity contribution in [2.24, 2.45) is 0 Å². The molecule has 1 N–H and O–H groups in total. The summed E-state index contributed by atoms with van der Waals surface area (Å²) >= 11 is 0. The topological polar surface area (TPSA) is 93.9 Å². The summed E-state index contributed by atoms with van der Waals surface area (Å²) in [5.41, 5.74) is 3.78. The lowest BCUT2D eigenvalue weighted by atomic mass is 10.2. The molecule has 0 bridgehead atoms. The van der Waals surface area contributed by atoms with Crippen LogP contribution < -0.4 is 10.2 Å². The van der Waals surface area contributed by atoms with E-state index in [1.54, 1.807) is 0 Å². The van der Waals surface area contributed by atoms with Crippen LogP contribution in [0.5, 0.6) is 0 Å². The zero-order chi connectivity index (χ0) is 22.5. The molecule has 0 radical (unpaired) electrons. The predicted molar refractivity (Wildman–Crippen MR) is 124 cm³/mol. The Morgan fingerprint density at radius 2 is 2.00 bits per heavy atom. The van der Waals surface area contributed by atoms with Crippen molar-refractivity contribution in [2.75, 3.05) is 43.1 Å². The van der Waals surface area contributed by atoms with E-state index in [4.69, 9.17) is 14.5 Å². The summed E-state index contributed by atoms with van der Waals surface area (Å²) in [5, 5.41) is 12.0. The van der Waals surface area contributed by atoms with Gasteiger partial charge in [0.1, 0.15) is 5.82 Å². The van der Waals surface area contributed by atoms with Crippen molar-refractivity contribution < 1.29 is 14.3 Å². The number of hydrogen-bond donors (Lipinski definition) is 1. The fourth-order valence-electron chi connectivity index (χ4n) is 4.00. The zero-order valence-corrected chi connectivity index (χ0v) is 19.1. The first-order valence-corrected chi connectivity index (χ1v) is 11.4. The quantitative estimate of drug-likeness (QED) is 0.400. The van der Waals surface area contributed by atoms with Crippen LogP contribution in [0.25, 0.3) is 16.7 Å². The standard InChI is InChI=1S/C23H32N6O3/c1-16(2)32-21(30)7-5-4-6-10-24-22-23-27-26-17(3)29(23)20-9-8-18(15-19(20)25-22)28-11-13-31-14-12-28/h8-9,15-16H,4-7,10-14H2,1-3H3,(H,24,25). The highest BCUT2D eigenvalue weighted by Crippen LogP contribution is 2.26. The average molecular weight is 441 g/mol. The summed E-state index contributed by atoms with van der Waals surface area (Å²) in [6, 6.07) is 6.35. The van der Waals surface area contributed by atoms with Gasteiger partial charge in [0.25, 0.3) is 0 Å². The van der Waals surface area contributed by atoms with E-state index in [0.29, 0.717) is 6.42 Å². The van der Waals surface area contributed by atoms with E-state index in [1.807, 2.05) is 20.8 Å². The van der Waals surface area contributed by atoms with Crippen molar-refractivity contribution in [1.29, 1.82) is 0 Å². The van der Waals surface area contributed by atoms with Gasteiger partial charge in [0, 0.05) is 31.7 Å². The van der Waals surface area contributed by atoms with Gasteiger partial charge in [0.05, 0.1) is 30.4 Å². The number of anilines is 2. The summed E-state index contributed by atoms with van der Waals surface area (Å²) in [4.78, 5) is 18.9. The second-order valence-electron chi connectivity index (χ2n) is 8.42. The van der Waals surface area contributed by atoms with Gasteiger partial charge >= 0.3 is 5.97 Å². The van der Waals surface area contributed by atoms with E-state index in [9.17, 15) is 4.79 Å².